The number of hydrogen-bond donors (Lipinski definition) is 0. The molecule has 9 heteroatoms. The lowest BCUT2D eigenvalue weighted by Gasteiger charge is -2.28. The molecule has 0 aromatic heterocycles. The highest BCUT2D eigenvalue weighted by molar-refractivity contribution is 9.10. The molecule has 0 spiro atoms. The van der Waals surface area contributed by atoms with E-state index in [9.17, 15) is 13.2 Å². The largest absolute Gasteiger partial charge is 0.497 e. The molecule has 3 aromatic carbocycles. The van der Waals surface area contributed by atoms with Crippen LogP contribution in [0.1, 0.15) is 22.3 Å². The van der Waals surface area contributed by atoms with E-state index in [1.54, 1.807) is 48.5 Å². The molecule has 0 aliphatic rings. The Kier molecular flexibility index (Phi) is 7.51. The van der Waals surface area contributed by atoms with Crippen LogP contribution >= 0.6 is 15.9 Å². The zero-order chi connectivity index (χ0) is 24.3. The predicted octanol–water partition coefficient (Wildman–Crippen LogP) is 7.28. The van der Waals surface area contributed by atoms with Crippen LogP contribution in [0, 0.1) is 18.6 Å². The van der Waals surface area contributed by atoms with Gasteiger partial charge < -0.3 is 14.4 Å². The van der Waals surface area contributed by atoms with Crippen LogP contribution in [0.25, 0.3) is 0 Å². The number of methoxy groups -OCH3 is 2. The highest BCUT2D eigenvalue weighted by atomic mass is 79.9. The van der Waals surface area contributed by atoms with E-state index in [1.807, 2.05) is 0 Å². The summed E-state index contributed by atoms with van der Waals surface area (Å²) in [5.41, 5.74) is -1.21. The fourth-order valence-corrected chi connectivity index (χ4v) is 4.20. The lowest BCUT2D eigenvalue weighted by Crippen LogP contribution is -2.26. The zero-order valence-electron chi connectivity index (χ0n) is 18.1. The SMILES string of the molecule is COc1ccc(CN(Cc2ccc(OC)cc2)c2c(F)c(C)c(C(F)(F)F)c(Br)c2F)cc1. The Bertz CT molecular complexity index is 1040. The van der Waals surface area contributed by atoms with Gasteiger partial charge in [0.15, 0.2) is 11.6 Å². The van der Waals surface area contributed by atoms with E-state index in [-0.39, 0.29) is 13.1 Å². The number of alkyl halides is 3. The van der Waals surface area contributed by atoms with E-state index < -0.39 is 39.1 Å². The maximum atomic E-state index is 15.3. The monoisotopic (exact) mass is 529 g/mol. The molecular formula is C24H21BrF5NO2. The molecule has 0 heterocycles. The second-order valence-corrected chi connectivity index (χ2v) is 8.13. The molecule has 33 heavy (non-hydrogen) atoms. The molecule has 0 amide bonds. The van der Waals surface area contributed by atoms with E-state index in [2.05, 4.69) is 15.9 Å². The fourth-order valence-electron chi connectivity index (χ4n) is 3.49. The van der Waals surface area contributed by atoms with Gasteiger partial charge in [0, 0.05) is 18.7 Å². The molecule has 176 valence electrons. The van der Waals surface area contributed by atoms with Gasteiger partial charge in [-0.05, 0) is 58.2 Å². The van der Waals surface area contributed by atoms with Crippen molar-refractivity contribution in [2.24, 2.45) is 0 Å². The maximum absolute atomic E-state index is 15.3. The average Bonchev–Trinajstić information content (AvgIpc) is 2.78. The maximum Gasteiger partial charge on any atom is 0.417 e. The Morgan fingerprint density at radius 3 is 1.58 bits per heavy atom. The summed E-state index contributed by atoms with van der Waals surface area (Å²) in [4.78, 5) is 1.37. The van der Waals surface area contributed by atoms with Gasteiger partial charge in [0.25, 0.3) is 0 Å². The van der Waals surface area contributed by atoms with Gasteiger partial charge in [0.05, 0.1) is 24.3 Å². The van der Waals surface area contributed by atoms with Crippen molar-refractivity contribution >= 4 is 21.6 Å². The summed E-state index contributed by atoms with van der Waals surface area (Å²) in [6.45, 7) is 1.08. The smallest absolute Gasteiger partial charge is 0.417 e. The molecule has 0 bridgehead atoms. The minimum absolute atomic E-state index is 0.0428. The third-order valence-corrected chi connectivity index (χ3v) is 5.94. The number of hydrogen-bond acceptors (Lipinski definition) is 3. The molecule has 0 saturated carbocycles. The van der Waals surface area contributed by atoms with Crippen molar-refractivity contribution < 1.29 is 31.4 Å². The second kappa shape index (κ2) is 9.99. The third-order valence-electron chi connectivity index (χ3n) is 5.20. The van der Waals surface area contributed by atoms with Gasteiger partial charge in [0.1, 0.15) is 17.2 Å². The van der Waals surface area contributed by atoms with Crippen LogP contribution in [0.4, 0.5) is 27.6 Å². The van der Waals surface area contributed by atoms with Gasteiger partial charge in [-0.3, -0.25) is 0 Å². The van der Waals surface area contributed by atoms with Crippen LogP contribution in [0.3, 0.4) is 0 Å². The van der Waals surface area contributed by atoms with E-state index >= 15 is 8.78 Å². The standard InChI is InChI=1S/C24H21BrF5NO2/c1-14-19(24(28,29)30)20(25)22(27)23(21(14)26)31(12-15-4-8-17(32-2)9-5-15)13-16-6-10-18(33-3)11-7-16/h4-11H,12-13H2,1-3H3. The summed E-state index contributed by atoms with van der Waals surface area (Å²) in [5, 5.41) is 0. The van der Waals surface area contributed by atoms with Crippen molar-refractivity contribution in [1.29, 1.82) is 0 Å². The van der Waals surface area contributed by atoms with Crippen LogP contribution in [0.15, 0.2) is 53.0 Å². The molecule has 0 aliphatic heterocycles. The summed E-state index contributed by atoms with van der Waals surface area (Å²) >= 11 is 2.71. The van der Waals surface area contributed by atoms with Gasteiger partial charge in [-0.2, -0.15) is 13.2 Å². The molecule has 3 nitrogen and oxygen atoms in total. The van der Waals surface area contributed by atoms with Crippen molar-refractivity contribution in [3.05, 3.63) is 86.9 Å². The van der Waals surface area contributed by atoms with Crippen molar-refractivity contribution in [1.82, 2.24) is 0 Å². The number of nitrogens with zero attached hydrogens (tertiary/aromatic N) is 1. The van der Waals surface area contributed by atoms with Crippen molar-refractivity contribution in [3.63, 3.8) is 0 Å². The lowest BCUT2D eigenvalue weighted by atomic mass is 10.0. The first kappa shape index (κ1) is 24.8. The first-order valence-corrected chi connectivity index (χ1v) is 10.6. The fraction of sp³-hybridized carbons (Fsp3) is 0.250. The van der Waals surface area contributed by atoms with Crippen LogP contribution < -0.4 is 14.4 Å². The highest BCUT2D eigenvalue weighted by Gasteiger charge is 2.39. The number of halogens is 6. The Labute approximate surface area is 196 Å². The predicted molar refractivity (Wildman–Crippen MR) is 120 cm³/mol. The lowest BCUT2D eigenvalue weighted by molar-refractivity contribution is -0.139. The van der Waals surface area contributed by atoms with Gasteiger partial charge >= 0.3 is 6.18 Å². The van der Waals surface area contributed by atoms with Gasteiger partial charge in [-0.15, -0.1) is 0 Å². The van der Waals surface area contributed by atoms with Crippen LogP contribution in [-0.4, -0.2) is 14.2 Å². The Hall–Kier alpha value is -2.81. The molecule has 0 saturated heterocycles. The first-order chi connectivity index (χ1) is 15.6. The summed E-state index contributed by atoms with van der Waals surface area (Å²) in [6.07, 6.45) is -4.92. The molecule has 0 N–H and O–H groups in total. The average molecular weight is 530 g/mol. The van der Waals surface area contributed by atoms with E-state index in [0.29, 0.717) is 22.6 Å². The van der Waals surface area contributed by atoms with Crippen LogP contribution in [0.5, 0.6) is 11.5 Å². The van der Waals surface area contributed by atoms with Gasteiger partial charge in [-0.1, -0.05) is 24.3 Å². The molecule has 0 unspecified atom stereocenters. The molecule has 0 atom stereocenters. The number of rotatable bonds is 7. The summed E-state index contributed by atoms with van der Waals surface area (Å²) < 4.78 is 80.3. The third kappa shape index (κ3) is 5.40. The highest BCUT2D eigenvalue weighted by Crippen LogP contribution is 2.44. The van der Waals surface area contributed by atoms with Crippen molar-refractivity contribution in [2.75, 3.05) is 19.1 Å². The summed E-state index contributed by atoms with van der Waals surface area (Å²) in [7, 11) is 3.02. The molecule has 0 aliphatic carbocycles. The molecule has 3 aromatic rings. The van der Waals surface area contributed by atoms with Gasteiger partial charge in [0.2, 0.25) is 0 Å². The minimum Gasteiger partial charge on any atom is -0.497 e. The zero-order valence-corrected chi connectivity index (χ0v) is 19.7. The quantitative estimate of drug-likeness (QED) is 0.237. The minimum atomic E-state index is -4.92. The number of benzene rings is 3. The number of ether oxygens (including phenoxy) is 2. The normalized spacial score (nSPS) is 11.4. The Morgan fingerprint density at radius 2 is 1.21 bits per heavy atom. The molecule has 0 radical (unpaired) electrons. The topological polar surface area (TPSA) is 21.7 Å². The van der Waals surface area contributed by atoms with Gasteiger partial charge in [-0.25, -0.2) is 8.78 Å². The summed E-state index contributed by atoms with van der Waals surface area (Å²) in [5.74, 6) is -1.37. The van der Waals surface area contributed by atoms with Crippen LogP contribution in [-0.2, 0) is 19.3 Å². The van der Waals surface area contributed by atoms with Crippen LogP contribution in [0.2, 0.25) is 0 Å². The first-order valence-electron chi connectivity index (χ1n) is 9.81. The molecular weight excluding hydrogens is 509 g/mol. The van der Waals surface area contributed by atoms with E-state index in [4.69, 9.17) is 9.47 Å². The summed E-state index contributed by atoms with van der Waals surface area (Å²) in [6, 6.07) is 13.7. The Morgan fingerprint density at radius 1 is 0.788 bits per heavy atom. The van der Waals surface area contributed by atoms with Crippen molar-refractivity contribution in [2.45, 2.75) is 26.2 Å². The molecule has 3 rings (SSSR count). The number of anilines is 1. The van der Waals surface area contributed by atoms with E-state index in [1.165, 1.54) is 19.1 Å². The second-order valence-electron chi connectivity index (χ2n) is 7.34. The molecule has 0 fully saturated rings. The van der Waals surface area contributed by atoms with E-state index in [0.717, 1.165) is 6.92 Å². The Balaban J connectivity index is 2.11. The van der Waals surface area contributed by atoms with Crippen molar-refractivity contribution in [3.8, 4) is 11.5 Å².